The lowest BCUT2D eigenvalue weighted by atomic mass is 10.2. The molecule has 2 aromatic heterocycles. The van der Waals surface area contributed by atoms with Crippen LogP contribution in [0.5, 0.6) is 0 Å². The van der Waals surface area contributed by atoms with Crippen LogP contribution in [-0.2, 0) is 0 Å². The number of nitrogens with zero attached hydrogens (tertiary/aromatic N) is 5. The van der Waals surface area contributed by atoms with Crippen LogP contribution in [0.3, 0.4) is 0 Å². The summed E-state index contributed by atoms with van der Waals surface area (Å²) in [5.74, 6) is 1.31. The lowest BCUT2D eigenvalue weighted by Gasteiger charge is -2.21. The monoisotopic (exact) mass is 277 g/mol. The van der Waals surface area contributed by atoms with Crippen LogP contribution in [0.2, 0.25) is 0 Å². The Balaban J connectivity index is 2.59. The van der Waals surface area contributed by atoms with E-state index < -0.39 is 4.92 Å². The van der Waals surface area contributed by atoms with Gasteiger partial charge in [0.2, 0.25) is 0 Å². The topological polar surface area (TPSA) is 98.2 Å². The zero-order valence-electron chi connectivity index (χ0n) is 11.5. The highest BCUT2D eigenvalue weighted by molar-refractivity contribution is 5.72. The van der Waals surface area contributed by atoms with Gasteiger partial charge in [-0.15, -0.1) is 0 Å². The van der Waals surface area contributed by atoms with Gasteiger partial charge >= 0.3 is 0 Å². The third-order valence-corrected chi connectivity index (χ3v) is 2.88. The van der Waals surface area contributed by atoms with Crippen LogP contribution < -0.4 is 4.90 Å². The second-order valence-electron chi connectivity index (χ2n) is 4.14. The SMILES string of the molecule is CCN(CC)c1ncc([N+](=O)[O-])cc1-c1nc(C)no1. The van der Waals surface area contributed by atoms with E-state index in [1.165, 1.54) is 12.3 Å². The van der Waals surface area contributed by atoms with Crippen molar-refractivity contribution in [2.75, 3.05) is 18.0 Å². The molecule has 0 saturated carbocycles. The lowest BCUT2D eigenvalue weighted by Crippen LogP contribution is -2.23. The van der Waals surface area contributed by atoms with E-state index in [-0.39, 0.29) is 11.6 Å². The Morgan fingerprint density at radius 3 is 2.60 bits per heavy atom. The molecule has 106 valence electrons. The summed E-state index contributed by atoms with van der Waals surface area (Å²) in [6.45, 7) is 7.10. The van der Waals surface area contributed by atoms with Gasteiger partial charge in [-0.1, -0.05) is 5.16 Å². The van der Waals surface area contributed by atoms with Gasteiger partial charge in [0.1, 0.15) is 12.0 Å². The average Bonchev–Trinajstić information content (AvgIpc) is 2.86. The fraction of sp³-hybridized carbons (Fsp3) is 0.417. The highest BCUT2D eigenvalue weighted by Gasteiger charge is 2.20. The van der Waals surface area contributed by atoms with Crippen LogP contribution in [0.1, 0.15) is 19.7 Å². The van der Waals surface area contributed by atoms with Crippen molar-refractivity contribution in [1.29, 1.82) is 0 Å². The molecule has 2 aromatic rings. The molecule has 0 spiro atoms. The van der Waals surface area contributed by atoms with E-state index in [0.29, 0.717) is 17.2 Å². The van der Waals surface area contributed by atoms with Crippen molar-refractivity contribution in [2.24, 2.45) is 0 Å². The number of hydrogen-bond acceptors (Lipinski definition) is 7. The molecule has 0 saturated heterocycles. The number of rotatable bonds is 5. The van der Waals surface area contributed by atoms with E-state index in [1.807, 2.05) is 18.7 Å². The van der Waals surface area contributed by atoms with Gasteiger partial charge in [-0.3, -0.25) is 10.1 Å². The van der Waals surface area contributed by atoms with Gasteiger partial charge in [0.15, 0.2) is 5.82 Å². The highest BCUT2D eigenvalue weighted by atomic mass is 16.6. The minimum absolute atomic E-state index is 0.105. The van der Waals surface area contributed by atoms with Crippen molar-refractivity contribution in [3.05, 3.63) is 28.2 Å². The van der Waals surface area contributed by atoms with E-state index >= 15 is 0 Å². The number of aromatic nitrogens is 3. The van der Waals surface area contributed by atoms with Gasteiger partial charge in [-0.2, -0.15) is 4.98 Å². The summed E-state index contributed by atoms with van der Waals surface area (Å²) in [5.41, 5.74) is 0.371. The molecule has 0 bridgehead atoms. The van der Waals surface area contributed by atoms with Gasteiger partial charge in [0.25, 0.3) is 11.6 Å². The molecule has 8 nitrogen and oxygen atoms in total. The average molecular weight is 277 g/mol. The van der Waals surface area contributed by atoms with Crippen molar-refractivity contribution in [3.8, 4) is 11.5 Å². The maximum Gasteiger partial charge on any atom is 0.288 e. The number of pyridine rings is 1. The Bertz CT molecular complexity index is 621. The molecule has 0 aliphatic heterocycles. The molecule has 0 N–H and O–H groups in total. The summed E-state index contributed by atoms with van der Waals surface area (Å²) >= 11 is 0. The first-order valence-electron chi connectivity index (χ1n) is 6.26. The van der Waals surface area contributed by atoms with Gasteiger partial charge < -0.3 is 9.42 Å². The third kappa shape index (κ3) is 2.58. The molecule has 0 aliphatic carbocycles. The summed E-state index contributed by atoms with van der Waals surface area (Å²) in [4.78, 5) is 20.7. The Hall–Kier alpha value is -2.51. The predicted octanol–water partition coefficient (Wildman–Crippen LogP) is 2.19. The van der Waals surface area contributed by atoms with Gasteiger partial charge in [-0.25, -0.2) is 4.98 Å². The molecule has 0 amide bonds. The zero-order valence-corrected chi connectivity index (χ0v) is 11.5. The maximum atomic E-state index is 10.9. The number of anilines is 1. The maximum absolute atomic E-state index is 10.9. The fourth-order valence-electron chi connectivity index (χ4n) is 1.89. The molecule has 0 unspecified atom stereocenters. The smallest absolute Gasteiger partial charge is 0.288 e. The first-order chi connectivity index (χ1) is 9.56. The summed E-state index contributed by atoms with van der Waals surface area (Å²) in [7, 11) is 0. The molecule has 2 heterocycles. The largest absolute Gasteiger partial charge is 0.357 e. The van der Waals surface area contributed by atoms with Crippen molar-refractivity contribution >= 4 is 11.5 Å². The minimum atomic E-state index is -0.494. The van der Waals surface area contributed by atoms with Crippen molar-refractivity contribution in [2.45, 2.75) is 20.8 Å². The molecular formula is C12H15N5O3. The summed E-state index contributed by atoms with van der Waals surface area (Å²) in [6.07, 6.45) is 1.24. The Kier molecular flexibility index (Phi) is 3.92. The molecule has 8 heteroatoms. The molecule has 20 heavy (non-hydrogen) atoms. The number of nitro groups is 1. The Labute approximate surface area is 115 Å². The summed E-state index contributed by atoms with van der Waals surface area (Å²) in [5, 5.41) is 14.6. The van der Waals surface area contributed by atoms with Gasteiger partial charge in [0.05, 0.1) is 10.5 Å². The molecule has 2 rings (SSSR count). The highest BCUT2D eigenvalue weighted by Crippen LogP contribution is 2.30. The second-order valence-corrected chi connectivity index (χ2v) is 4.14. The quantitative estimate of drug-likeness (QED) is 0.610. The molecule has 0 fully saturated rings. The van der Waals surface area contributed by atoms with E-state index in [0.717, 1.165) is 13.1 Å². The minimum Gasteiger partial charge on any atom is -0.357 e. The molecule has 0 aliphatic rings. The zero-order chi connectivity index (χ0) is 14.7. The van der Waals surface area contributed by atoms with Crippen LogP contribution >= 0.6 is 0 Å². The van der Waals surface area contributed by atoms with E-state index in [2.05, 4.69) is 15.1 Å². The van der Waals surface area contributed by atoms with E-state index in [1.54, 1.807) is 6.92 Å². The lowest BCUT2D eigenvalue weighted by molar-refractivity contribution is -0.385. The third-order valence-electron chi connectivity index (χ3n) is 2.88. The molecule has 0 radical (unpaired) electrons. The Morgan fingerprint density at radius 1 is 1.40 bits per heavy atom. The summed E-state index contributed by atoms with van der Waals surface area (Å²) < 4.78 is 5.11. The van der Waals surface area contributed by atoms with Gasteiger partial charge in [0, 0.05) is 19.2 Å². The first-order valence-corrected chi connectivity index (χ1v) is 6.26. The molecule has 0 aromatic carbocycles. The second kappa shape index (κ2) is 5.64. The van der Waals surface area contributed by atoms with Crippen LogP contribution in [0.15, 0.2) is 16.8 Å². The van der Waals surface area contributed by atoms with E-state index in [4.69, 9.17) is 4.52 Å². The van der Waals surface area contributed by atoms with Crippen LogP contribution in [-0.4, -0.2) is 33.1 Å². The van der Waals surface area contributed by atoms with Gasteiger partial charge in [-0.05, 0) is 20.8 Å². The van der Waals surface area contributed by atoms with E-state index in [9.17, 15) is 10.1 Å². The van der Waals surface area contributed by atoms with Crippen LogP contribution in [0.25, 0.3) is 11.5 Å². The van der Waals surface area contributed by atoms with Crippen LogP contribution in [0, 0.1) is 17.0 Å². The summed E-state index contributed by atoms with van der Waals surface area (Å²) in [6, 6.07) is 1.41. The standard InChI is InChI=1S/C12H15N5O3/c1-4-16(5-2)11-10(12-14-8(3)15-20-12)6-9(7-13-11)17(18)19/h6-7H,4-5H2,1-3H3. The van der Waals surface area contributed by atoms with Crippen molar-refractivity contribution in [1.82, 2.24) is 15.1 Å². The number of hydrogen-bond donors (Lipinski definition) is 0. The number of aryl methyl sites for hydroxylation is 1. The van der Waals surface area contributed by atoms with Crippen molar-refractivity contribution in [3.63, 3.8) is 0 Å². The molecular weight excluding hydrogens is 262 g/mol. The van der Waals surface area contributed by atoms with Crippen LogP contribution in [0.4, 0.5) is 11.5 Å². The Morgan fingerprint density at radius 2 is 2.10 bits per heavy atom. The predicted molar refractivity (Wildman–Crippen MR) is 72.5 cm³/mol. The fourth-order valence-corrected chi connectivity index (χ4v) is 1.89. The van der Waals surface area contributed by atoms with Crippen molar-refractivity contribution < 1.29 is 9.45 Å². The first kappa shape index (κ1) is 13.9. The normalized spacial score (nSPS) is 10.6. The molecule has 0 atom stereocenters.